The molecular weight excluding hydrogens is 350 g/mol. The highest BCUT2D eigenvalue weighted by atomic mass is 16.3. The number of pyridine rings is 1. The number of aryl methyl sites for hydroxylation is 1. The van der Waals surface area contributed by atoms with Crippen LogP contribution in [0.1, 0.15) is 16.8 Å². The molecule has 6 nitrogen and oxygen atoms in total. The first kappa shape index (κ1) is 17.1. The standard InChI is InChI=1S/C22H23N5O/c1-14-15(2)25-21-8-10-24-27(21)22(14)26-12-17(20(28)13-26)11-16-7-9-23-19-6-4-3-5-18(16)19/h3-10,17,20,28H,11-13H2,1-2H3/t17-,20+/m1/s1. The lowest BCUT2D eigenvalue weighted by Crippen LogP contribution is -2.25. The Hall–Kier alpha value is -2.99. The van der Waals surface area contributed by atoms with E-state index in [2.05, 4.69) is 39.0 Å². The topological polar surface area (TPSA) is 66.5 Å². The minimum absolute atomic E-state index is 0.157. The SMILES string of the molecule is Cc1nc2ccnn2c(N2C[C@@H](Cc3ccnc4ccccc34)[C@@H](O)C2)c1C. The van der Waals surface area contributed by atoms with Crippen LogP contribution in [0.25, 0.3) is 16.6 Å². The van der Waals surface area contributed by atoms with Gasteiger partial charge in [0.2, 0.25) is 0 Å². The third-order valence-electron chi connectivity index (χ3n) is 5.91. The Kier molecular flexibility index (Phi) is 4.02. The first-order valence-electron chi connectivity index (χ1n) is 9.68. The molecule has 4 heterocycles. The number of fused-ring (bicyclic) bond motifs is 2. The molecule has 1 fully saturated rings. The molecule has 0 aliphatic carbocycles. The van der Waals surface area contributed by atoms with Crippen molar-refractivity contribution in [1.29, 1.82) is 0 Å². The largest absolute Gasteiger partial charge is 0.391 e. The number of rotatable bonds is 3. The highest BCUT2D eigenvalue weighted by molar-refractivity contribution is 5.81. The van der Waals surface area contributed by atoms with E-state index in [0.29, 0.717) is 6.54 Å². The maximum absolute atomic E-state index is 10.8. The Labute approximate surface area is 163 Å². The molecule has 5 rings (SSSR count). The quantitative estimate of drug-likeness (QED) is 0.598. The summed E-state index contributed by atoms with van der Waals surface area (Å²) in [5.74, 6) is 1.19. The summed E-state index contributed by atoms with van der Waals surface area (Å²) in [6.45, 7) is 5.50. The third kappa shape index (κ3) is 2.72. The normalized spacial score (nSPS) is 19.8. The second kappa shape index (κ2) is 6.56. The molecule has 0 amide bonds. The number of nitrogens with zero attached hydrogens (tertiary/aromatic N) is 5. The first-order chi connectivity index (χ1) is 13.6. The Morgan fingerprint density at radius 2 is 1.93 bits per heavy atom. The lowest BCUT2D eigenvalue weighted by atomic mass is 9.94. The van der Waals surface area contributed by atoms with Gasteiger partial charge in [-0.1, -0.05) is 18.2 Å². The van der Waals surface area contributed by atoms with Gasteiger partial charge >= 0.3 is 0 Å². The number of benzene rings is 1. The monoisotopic (exact) mass is 373 g/mol. The second-order valence-electron chi connectivity index (χ2n) is 7.67. The lowest BCUT2D eigenvalue weighted by molar-refractivity contribution is 0.148. The van der Waals surface area contributed by atoms with Crippen LogP contribution in [0.5, 0.6) is 0 Å². The average molecular weight is 373 g/mol. The molecule has 3 aromatic heterocycles. The zero-order chi connectivity index (χ0) is 19.3. The Balaban J connectivity index is 1.48. The minimum atomic E-state index is -0.384. The van der Waals surface area contributed by atoms with Crippen LogP contribution in [0, 0.1) is 19.8 Å². The molecule has 0 radical (unpaired) electrons. The summed E-state index contributed by atoms with van der Waals surface area (Å²) in [7, 11) is 0. The Morgan fingerprint density at radius 1 is 1.07 bits per heavy atom. The summed E-state index contributed by atoms with van der Waals surface area (Å²) in [4.78, 5) is 11.3. The van der Waals surface area contributed by atoms with E-state index >= 15 is 0 Å². The summed E-state index contributed by atoms with van der Waals surface area (Å²) in [5, 5.41) is 16.5. The zero-order valence-corrected chi connectivity index (χ0v) is 16.1. The minimum Gasteiger partial charge on any atom is -0.391 e. The summed E-state index contributed by atoms with van der Waals surface area (Å²) < 4.78 is 1.89. The van der Waals surface area contributed by atoms with E-state index in [1.807, 2.05) is 41.9 Å². The van der Waals surface area contributed by atoms with E-state index in [-0.39, 0.29) is 12.0 Å². The summed E-state index contributed by atoms with van der Waals surface area (Å²) >= 11 is 0. The van der Waals surface area contributed by atoms with Gasteiger partial charge in [-0.15, -0.1) is 0 Å². The molecule has 0 unspecified atom stereocenters. The van der Waals surface area contributed by atoms with Gasteiger partial charge in [0.15, 0.2) is 5.65 Å². The van der Waals surface area contributed by atoms with Crippen LogP contribution in [0.15, 0.2) is 48.8 Å². The molecule has 0 spiro atoms. The number of aliphatic hydroxyl groups is 1. The molecule has 2 atom stereocenters. The first-order valence-corrected chi connectivity index (χ1v) is 9.68. The smallest absolute Gasteiger partial charge is 0.157 e. The van der Waals surface area contributed by atoms with Gasteiger partial charge in [-0.3, -0.25) is 4.98 Å². The van der Waals surface area contributed by atoms with Crippen molar-refractivity contribution >= 4 is 22.4 Å². The molecule has 0 saturated carbocycles. The molecule has 142 valence electrons. The highest BCUT2D eigenvalue weighted by Gasteiger charge is 2.34. The Morgan fingerprint density at radius 3 is 2.82 bits per heavy atom. The summed E-state index contributed by atoms with van der Waals surface area (Å²) in [5.41, 5.74) is 5.20. The number of anilines is 1. The fourth-order valence-corrected chi connectivity index (χ4v) is 4.33. The predicted molar refractivity (Wildman–Crippen MR) is 110 cm³/mol. The van der Waals surface area contributed by atoms with E-state index < -0.39 is 0 Å². The van der Waals surface area contributed by atoms with Crippen molar-refractivity contribution in [2.24, 2.45) is 5.92 Å². The van der Waals surface area contributed by atoms with Crippen molar-refractivity contribution in [2.45, 2.75) is 26.4 Å². The summed E-state index contributed by atoms with van der Waals surface area (Å²) in [6, 6.07) is 12.2. The van der Waals surface area contributed by atoms with Crippen molar-refractivity contribution in [2.75, 3.05) is 18.0 Å². The highest BCUT2D eigenvalue weighted by Crippen LogP contribution is 2.31. The van der Waals surface area contributed by atoms with Gasteiger partial charge in [-0.05, 0) is 38.0 Å². The van der Waals surface area contributed by atoms with Gasteiger partial charge in [0.1, 0.15) is 5.82 Å². The molecular formula is C22H23N5O. The molecule has 1 N–H and O–H groups in total. The van der Waals surface area contributed by atoms with E-state index in [1.165, 1.54) is 10.9 Å². The van der Waals surface area contributed by atoms with E-state index in [0.717, 1.165) is 41.2 Å². The molecule has 28 heavy (non-hydrogen) atoms. The fraction of sp³-hybridized carbons (Fsp3) is 0.318. The van der Waals surface area contributed by atoms with Gasteiger partial charge in [0.05, 0.1) is 17.8 Å². The second-order valence-corrected chi connectivity index (χ2v) is 7.67. The molecule has 4 aromatic rings. The summed E-state index contributed by atoms with van der Waals surface area (Å²) in [6.07, 6.45) is 4.08. The number of aliphatic hydroxyl groups excluding tert-OH is 1. The van der Waals surface area contributed by atoms with Gasteiger partial charge in [0, 0.05) is 47.9 Å². The Bertz CT molecular complexity index is 1160. The zero-order valence-electron chi connectivity index (χ0n) is 16.1. The van der Waals surface area contributed by atoms with Gasteiger partial charge < -0.3 is 10.0 Å². The fourth-order valence-electron chi connectivity index (χ4n) is 4.33. The van der Waals surface area contributed by atoms with Crippen LogP contribution >= 0.6 is 0 Å². The van der Waals surface area contributed by atoms with Crippen LogP contribution in [-0.4, -0.2) is 43.9 Å². The van der Waals surface area contributed by atoms with E-state index in [9.17, 15) is 5.11 Å². The molecule has 0 bridgehead atoms. The van der Waals surface area contributed by atoms with Crippen LogP contribution in [0.3, 0.4) is 0 Å². The maximum atomic E-state index is 10.8. The van der Waals surface area contributed by atoms with Crippen molar-refractivity contribution in [3.63, 3.8) is 0 Å². The van der Waals surface area contributed by atoms with Gasteiger partial charge in [-0.2, -0.15) is 9.61 Å². The number of para-hydroxylation sites is 1. The predicted octanol–water partition coefficient (Wildman–Crippen LogP) is 2.93. The van der Waals surface area contributed by atoms with Crippen LogP contribution < -0.4 is 4.90 Å². The lowest BCUT2D eigenvalue weighted by Gasteiger charge is -2.22. The molecule has 1 aliphatic heterocycles. The van der Waals surface area contributed by atoms with Crippen molar-refractivity contribution < 1.29 is 5.11 Å². The third-order valence-corrected chi connectivity index (χ3v) is 5.91. The van der Waals surface area contributed by atoms with Crippen molar-refractivity contribution in [3.05, 3.63) is 65.6 Å². The average Bonchev–Trinajstić information content (AvgIpc) is 3.29. The number of aromatic nitrogens is 4. The maximum Gasteiger partial charge on any atom is 0.157 e. The van der Waals surface area contributed by atoms with Crippen LogP contribution in [-0.2, 0) is 6.42 Å². The van der Waals surface area contributed by atoms with Gasteiger partial charge in [0.25, 0.3) is 0 Å². The van der Waals surface area contributed by atoms with Crippen molar-refractivity contribution in [3.8, 4) is 0 Å². The van der Waals surface area contributed by atoms with Gasteiger partial charge in [-0.25, -0.2) is 4.98 Å². The number of β-amino-alcohol motifs (C(OH)–C–C–N with tert-alkyl or cyclic N) is 1. The molecule has 1 aromatic carbocycles. The number of hydrogen-bond donors (Lipinski definition) is 1. The molecule has 6 heteroatoms. The number of hydrogen-bond acceptors (Lipinski definition) is 5. The molecule has 1 saturated heterocycles. The van der Waals surface area contributed by atoms with Crippen molar-refractivity contribution in [1.82, 2.24) is 19.6 Å². The van der Waals surface area contributed by atoms with Crippen LogP contribution in [0.4, 0.5) is 5.82 Å². The van der Waals surface area contributed by atoms with Crippen LogP contribution in [0.2, 0.25) is 0 Å². The van der Waals surface area contributed by atoms with E-state index in [1.54, 1.807) is 6.20 Å². The molecule has 1 aliphatic rings. The van der Waals surface area contributed by atoms with E-state index in [4.69, 9.17) is 0 Å².